The zero-order chi connectivity index (χ0) is 22.3. The number of ether oxygens (including phenoxy) is 1. The highest BCUT2D eigenvalue weighted by Gasteiger charge is 2.25. The Hall–Kier alpha value is -3.44. The number of benzene rings is 3. The maximum atomic E-state index is 13.2. The first-order chi connectivity index (χ1) is 15.7. The average molecular weight is 429 g/mol. The Kier molecular flexibility index (Phi) is 6.97. The van der Waals surface area contributed by atoms with Gasteiger partial charge in [0.1, 0.15) is 5.75 Å². The van der Waals surface area contributed by atoms with Crippen LogP contribution < -0.4 is 10.1 Å². The largest absolute Gasteiger partial charge is 0.497 e. The second-order valence-electron chi connectivity index (χ2n) is 7.98. The molecule has 1 saturated heterocycles. The van der Waals surface area contributed by atoms with Crippen molar-refractivity contribution in [2.24, 2.45) is 0 Å². The molecule has 0 aromatic heterocycles. The van der Waals surface area contributed by atoms with E-state index < -0.39 is 0 Å². The van der Waals surface area contributed by atoms with Gasteiger partial charge in [-0.25, -0.2) is 0 Å². The van der Waals surface area contributed by atoms with Gasteiger partial charge >= 0.3 is 0 Å². The lowest BCUT2D eigenvalue weighted by molar-refractivity contribution is 0.0928. The molecular weight excluding hydrogens is 400 g/mol. The van der Waals surface area contributed by atoms with Crippen molar-refractivity contribution in [3.05, 3.63) is 101 Å². The van der Waals surface area contributed by atoms with E-state index in [2.05, 4.69) is 22.3 Å². The van der Waals surface area contributed by atoms with Gasteiger partial charge < -0.3 is 10.1 Å². The summed E-state index contributed by atoms with van der Waals surface area (Å²) < 4.78 is 5.29. The summed E-state index contributed by atoms with van der Waals surface area (Å²) in [5.41, 5.74) is 2.53. The molecule has 1 aliphatic heterocycles. The van der Waals surface area contributed by atoms with Crippen molar-refractivity contribution >= 4 is 11.7 Å². The third-order valence-electron chi connectivity index (χ3n) is 5.99. The topological polar surface area (TPSA) is 58.6 Å². The van der Waals surface area contributed by atoms with Crippen molar-refractivity contribution in [2.75, 3.05) is 26.7 Å². The van der Waals surface area contributed by atoms with E-state index in [0.29, 0.717) is 23.2 Å². The lowest BCUT2D eigenvalue weighted by Gasteiger charge is -2.28. The number of likely N-dealkylation sites (tertiary alicyclic amines) is 1. The molecule has 164 valence electrons. The Bertz CT molecular complexity index is 1060. The second-order valence-corrected chi connectivity index (χ2v) is 7.98. The zero-order valence-corrected chi connectivity index (χ0v) is 18.3. The summed E-state index contributed by atoms with van der Waals surface area (Å²) in [6.07, 6.45) is 2.32. The minimum atomic E-state index is -0.234. The molecule has 1 amide bonds. The molecule has 4 rings (SSSR count). The smallest absolute Gasteiger partial charge is 0.252 e. The van der Waals surface area contributed by atoms with Gasteiger partial charge in [-0.05, 0) is 49.7 Å². The van der Waals surface area contributed by atoms with Crippen molar-refractivity contribution < 1.29 is 14.3 Å². The molecule has 3 aromatic rings. The number of carbonyl (C=O) groups is 2. The minimum Gasteiger partial charge on any atom is -0.497 e. The second kappa shape index (κ2) is 10.2. The molecule has 1 aliphatic rings. The molecule has 0 radical (unpaired) electrons. The predicted molar refractivity (Wildman–Crippen MR) is 125 cm³/mol. The summed E-state index contributed by atoms with van der Waals surface area (Å²) >= 11 is 0. The van der Waals surface area contributed by atoms with Crippen molar-refractivity contribution in [2.45, 2.75) is 18.9 Å². The molecule has 1 fully saturated rings. The molecule has 1 heterocycles. The SMILES string of the molecule is COc1ccc([C@@H](CNC(=O)c2ccccc2C(=O)c2ccccc2)N2CCCC2)cc1. The first-order valence-electron chi connectivity index (χ1n) is 11.0. The number of methoxy groups -OCH3 is 1. The Balaban J connectivity index is 1.53. The highest BCUT2D eigenvalue weighted by Crippen LogP contribution is 2.26. The van der Waals surface area contributed by atoms with Gasteiger partial charge in [0.2, 0.25) is 0 Å². The van der Waals surface area contributed by atoms with E-state index in [0.717, 1.165) is 37.2 Å². The Labute approximate surface area is 189 Å². The van der Waals surface area contributed by atoms with Crippen LogP contribution in [0.5, 0.6) is 5.75 Å². The number of nitrogens with one attached hydrogen (secondary N) is 1. The third kappa shape index (κ3) is 4.89. The Morgan fingerprint density at radius 3 is 2.16 bits per heavy atom. The third-order valence-corrected chi connectivity index (χ3v) is 5.99. The van der Waals surface area contributed by atoms with Gasteiger partial charge in [-0.3, -0.25) is 14.5 Å². The van der Waals surface area contributed by atoms with Crippen LogP contribution in [-0.2, 0) is 0 Å². The standard InChI is InChI=1S/C27H28N2O3/c1-32-22-15-13-20(14-16-22)25(29-17-7-8-18-29)19-28-27(31)24-12-6-5-11-23(24)26(30)21-9-3-2-4-10-21/h2-6,9-16,25H,7-8,17-19H2,1H3,(H,28,31)/t25-/m1/s1. The quantitative estimate of drug-likeness (QED) is 0.537. The predicted octanol–water partition coefficient (Wildman–Crippen LogP) is 4.49. The van der Waals surface area contributed by atoms with E-state index in [1.165, 1.54) is 0 Å². The van der Waals surface area contributed by atoms with Crippen molar-refractivity contribution in [3.8, 4) is 5.75 Å². The summed E-state index contributed by atoms with van der Waals surface area (Å²) in [4.78, 5) is 28.6. The van der Waals surface area contributed by atoms with Crippen LogP contribution in [-0.4, -0.2) is 43.3 Å². The number of amides is 1. The van der Waals surface area contributed by atoms with Gasteiger partial charge in [0.05, 0.1) is 18.7 Å². The maximum Gasteiger partial charge on any atom is 0.252 e. The Morgan fingerprint density at radius 2 is 1.50 bits per heavy atom. The molecule has 5 heteroatoms. The molecular formula is C27H28N2O3. The molecule has 0 spiro atoms. The molecule has 3 aromatic carbocycles. The number of hydrogen-bond acceptors (Lipinski definition) is 4. The fourth-order valence-corrected chi connectivity index (χ4v) is 4.25. The van der Waals surface area contributed by atoms with Crippen molar-refractivity contribution in [1.82, 2.24) is 10.2 Å². The van der Waals surface area contributed by atoms with Gasteiger partial charge in [0.25, 0.3) is 5.91 Å². The molecule has 0 bridgehead atoms. The van der Waals surface area contributed by atoms with Crippen LogP contribution in [0.4, 0.5) is 0 Å². The van der Waals surface area contributed by atoms with E-state index in [-0.39, 0.29) is 17.7 Å². The van der Waals surface area contributed by atoms with Crippen LogP contribution >= 0.6 is 0 Å². The number of ketones is 1. The monoisotopic (exact) mass is 428 g/mol. The molecule has 0 unspecified atom stereocenters. The van der Waals surface area contributed by atoms with Gasteiger partial charge in [-0.15, -0.1) is 0 Å². The molecule has 5 nitrogen and oxygen atoms in total. The number of carbonyl (C=O) groups excluding carboxylic acids is 2. The summed E-state index contributed by atoms with van der Waals surface area (Å²) in [5, 5.41) is 3.09. The summed E-state index contributed by atoms with van der Waals surface area (Å²) in [6, 6.07) is 24.1. The van der Waals surface area contributed by atoms with E-state index in [1.807, 2.05) is 30.3 Å². The average Bonchev–Trinajstić information content (AvgIpc) is 3.39. The van der Waals surface area contributed by atoms with E-state index in [9.17, 15) is 9.59 Å². The minimum absolute atomic E-state index is 0.0735. The fourth-order valence-electron chi connectivity index (χ4n) is 4.25. The fraction of sp³-hybridized carbons (Fsp3) is 0.259. The summed E-state index contributed by atoms with van der Waals surface area (Å²) in [7, 11) is 1.65. The van der Waals surface area contributed by atoms with Crippen molar-refractivity contribution in [3.63, 3.8) is 0 Å². The zero-order valence-electron chi connectivity index (χ0n) is 18.3. The van der Waals surface area contributed by atoms with Crippen LogP contribution in [0.1, 0.15) is 50.7 Å². The molecule has 32 heavy (non-hydrogen) atoms. The Morgan fingerprint density at radius 1 is 0.875 bits per heavy atom. The number of hydrogen-bond donors (Lipinski definition) is 1. The van der Waals surface area contributed by atoms with Crippen LogP contribution in [0.25, 0.3) is 0 Å². The van der Waals surface area contributed by atoms with Gasteiger partial charge in [-0.1, -0.05) is 60.7 Å². The molecule has 0 aliphatic carbocycles. The first kappa shape index (κ1) is 21.8. The molecule has 0 saturated carbocycles. The first-order valence-corrected chi connectivity index (χ1v) is 11.0. The number of rotatable bonds is 8. The summed E-state index contributed by atoms with van der Waals surface area (Å²) in [6.45, 7) is 2.49. The highest BCUT2D eigenvalue weighted by atomic mass is 16.5. The van der Waals surface area contributed by atoms with E-state index in [1.54, 1.807) is 43.5 Å². The lowest BCUT2D eigenvalue weighted by atomic mass is 9.97. The van der Waals surface area contributed by atoms with Crippen LogP contribution in [0.2, 0.25) is 0 Å². The van der Waals surface area contributed by atoms with Gasteiger partial charge in [0, 0.05) is 17.7 Å². The number of nitrogens with zero attached hydrogens (tertiary/aromatic N) is 1. The molecule has 1 N–H and O–H groups in total. The van der Waals surface area contributed by atoms with Crippen LogP contribution in [0, 0.1) is 0 Å². The van der Waals surface area contributed by atoms with Crippen molar-refractivity contribution in [1.29, 1.82) is 0 Å². The maximum absolute atomic E-state index is 13.2. The van der Waals surface area contributed by atoms with Gasteiger partial charge in [0.15, 0.2) is 5.78 Å². The van der Waals surface area contributed by atoms with E-state index >= 15 is 0 Å². The van der Waals surface area contributed by atoms with Gasteiger partial charge in [-0.2, -0.15) is 0 Å². The van der Waals surface area contributed by atoms with E-state index in [4.69, 9.17) is 4.74 Å². The summed E-state index contributed by atoms with van der Waals surface area (Å²) in [5.74, 6) is 0.427. The normalized spacial score (nSPS) is 14.7. The highest BCUT2D eigenvalue weighted by molar-refractivity contribution is 6.15. The lowest BCUT2D eigenvalue weighted by Crippen LogP contribution is -2.37. The molecule has 1 atom stereocenters. The van der Waals surface area contributed by atoms with Crippen LogP contribution in [0.15, 0.2) is 78.9 Å². The van der Waals surface area contributed by atoms with Crippen LogP contribution in [0.3, 0.4) is 0 Å².